The quantitative estimate of drug-likeness (QED) is 0.438. The van der Waals surface area contributed by atoms with Crippen molar-refractivity contribution in [2.24, 2.45) is 0 Å². The van der Waals surface area contributed by atoms with E-state index in [4.69, 9.17) is 0 Å². The van der Waals surface area contributed by atoms with Crippen molar-refractivity contribution in [1.82, 2.24) is 10.2 Å². The van der Waals surface area contributed by atoms with Crippen LogP contribution in [0.2, 0.25) is 0 Å². The van der Waals surface area contributed by atoms with E-state index in [0.717, 1.165) is 52.9 Å². The first-order valence-electron chi connectivity index (χ1n) is 12.0. The largest absolute Gasteiger partial charge is 0.369 e. The third-order valence-corrected chi connectivity index (χ3v) is 7.43. The Bertz CT molecular complexity index is 1310. The molecule has 36 heavy (non-hydrogen) atoms. The minimum absolute atomic E-state index is 0.116. The van der Waals surface area contributed by atoms with E-state index in [2.05, 4.69) is 44.9 Å². The molecule has 0 saturated carbocycles. The van der Waals surface area contributed by atoms with Gasteiger partial charge < -0.3 is 25.8 Å². The lowest BCUT2D eigenvalue weighted by atomic mass is 10.1. The Labute approximate surface area is 215 Å². The third-order valence-electron chi connectivity index (χ3n) is 6.45. The smallest absolute Gasteiger partial charge is 0.257 e. The average molecular weight is 500 g/mol. The SMILES string of the molecule is CNC(=O)c1cccc(Sc2ccc3c(c2)NC(=O)/C3=C/Nc2ccc(N3CCN(C)CC3)cc2)c1. The summed E-state index contributed by atoms with van der Waals surface area (Å²) in [5.41, 5.74) is 5.02. The first kappa shape index (κ1) is 24.0. The van der Waals surface area contributed by atoms with E-state index in [1.807, 2.05) is 48.5 Å². The fourth-order valence-corrected chi connectivity index (χ4v) is 5.27. The molecule has 8 heteroatoms. The number of hydrogen-bond acceptors (Lipinski definition) is 6. The van der Waals surface area contributed by atoms with Crippen LogP contribution in [0.15, 0.2) is 82.7 Å². The van der Waals surface area contributed by atoms with E-state index in [-0.39, 0.29) is 11.8 Å². The molecule has 2 aliphatic heterocycles. The van der Waals surface area contributed by atoms with Crippen molar-refractivity contribution in [2.75, 3.05) is 55.8 Å². The van der Waals surface area contributed by atoms with Gasteiger partial charge in [0, 0.05) is 71.7 Å². The molecule has 2 heterocycles. The molecule has 7 nitrogen and oxygen atoms in total. The van der Waals surface area contributed by atoms with Crippen LogP contribution in [0.4, 0.5) is 17.1 Å². The lowest BCUT2D eigenvalue weighted by Crippen LogP contribution is -2.44. The lowest BCUT2D eigenvalue weighted by Gasteiger charge is -2.34. The molecule has 0 atom stereocenters. The van der Waals surface area contributed by atoms with Crippen molar-refractivity contribution in [1.29, 1.82) is 0 Å². The van der Waals surface area contributed by atoms with Crippen molar-refractivity contribution in [3.8, 4) is 0 Å². The Hall–Kier alpha value is -3.75. The van der Waals surface area contributed by atoms with E-state index in [1.54, 1.807) is 31.1 Å². The summed E-state index contributed by atoms with van der Waals surface area (Å²) in [6.45, 7) is 4.21. The Morgan fingerprint density at radius 3 is 2.47 bits per heavy atom. The zero-order chi connectivity index (χ0) is 25.1. The topological polar surface area (TPSA) is 76.7 Å². The molecule has 2 amide bonds. The van der Waals surface area contributed by atoms with Crippen LogP contribution >= 0.6 is 11.8 Å². The van der Waals surface area contributed by atoms with Crippen molar-refractivity contribution in [2.45, 2.75) is 9.79 Å². The van der Waals surface area contributed by atoms with Gasteiger partial charge in [-0.05, 0) is 61.6 Å². The van der Waals surface area contributed by atoms with Gasteiger partial charge in [-0.1, -0.05) is 23.9 Å². The Morgan fingerprint density at radius 1 is 0.972 bits per heavy atom. The minimum Gasteiger partial charge on any atom is -0.369 e. The first-order valence-corrected chi connectivity index (χ1v) is 12.8. The molecule has 0 bridgehead atoms. The molecule has 3 aromatic rings. The van der Waals surface area contributed by atoms with E-state index < -0.39 is 0 Å². The Kier molecular flexibility index (Phi) is 6.97. The monoisotopic (exact) mass is 499 g/mol. The number of amides is 2. The number of anilines is 3. The fraction of sp³-hybridized carbons (Fsp3) is 0.214. The van der Waals surface area contributed by atoms with Gasteiger partial charge in [-0.2, -0.15) is 0 Å². The highest BCUT2D eigenvalue weighted by atomic mass is 32.2. The van der Waals surface area contributed by atoms with Gasteiger partial charge in [0.05, 0.1) is 11.3 Å². The predicted molar refractivity (Wildman–Crippen MR) is 147 cm³/mol. The molecule has 184 valence electrons. The third kappa shape index (κ3) is 5.24. The molecule has 3 aromatic carbocycles. The number of hydrogen-bond donors (Lipinski definition) is 3. The van der Waals surface area contributed by atoms with Gasteiger partial charge in [-0.3, -0.25) is 9.59 Å². The number of carbonyl (C=O) groups is 2. The second-order valence-electron chi connectivity index (χ2n) is 8.91. The van der Waals surface area contributed by atoms with Crippen LogP contribution in [0.25, 0.3) is 5.57 Å². The highest BCUT2D eigenvalue weighted by Crippen LogP contribution is 2.37. The summed E-state index contributed by atoms with van der Waals surface area (Å²) < 4.78 is 0. The lowest BCUT2D eigenvalue weighted by molar-refractivity contribution is -0.110. The second-order valence-corrected chi connectivity index (χ2v) is 10.1. The van der Waals surface area contributed by atoms with Crippen molar-refractivity contribution in [3.05, 3.63) is 84.1 Å². The first-order chi connectivity index (χ1) is 17.5. The zero-order valence-corrected chi connectivity index (χ0v) is 21.2. The van der Waals surface area contributed by atoms with Crippen LogP contribution in [0.1, 0.15) is 15.9 Å². The summed E-state index contributed by atoms with van der Waals surface area (Å²) in [6.07, 6.45) is 1.77. The Morgan fingerprint density at radius 2 is 1.72 bits per heavy atom. The van der Waals surface area contributed by atoms with Gasteiger partial charge in [0.2, 0.25) is 0 Å². The minimum atomic E-state index is -0.129. The normalized spacial score (nSPS) is 16.6. The predicted octanol–water partition coefficient (Wildman–Crippen LogP) is 4.35. The maximum atomic E-state index is 12.7. The van der Waals surface area contributed by atoms with Gasteiger partial charge in [-0.15, -0.1) is 0 Å². The maximum Gasteiger partial charge on any atom is 0.257 e. The summed E-state index contributed by atoms with van der Waals surface area (Å²) in [7, 11) is 3.77. The summed E-state index contributed by atoms with van der Waals surface area (Å²) in [6, 6.07) is 21.7. The van der Waals surface area contributed by atoms with Crippen LogP contribution in [0.5, 0.6) is 0 Å². The van der Waals surface area contributed by atoms with E-state index >= 15 is 0 Å². The van der Waals surface area contributed by atoms with Crippen LogP contribution in [0.3, 0.4) is 0 Å². The number of fused-ring (bicyclic) bond motifs is 1. The summed E-state index contributed by atoms with van der Waals surface area (Å²) in [5, 5.41) is 8.90. The van der Waals surface area contributed by atoms with Gasteiger partial charge in [0.15, 0.2) is 0 Å². The number of carbonyl (C=O) groups excluding carboxylic acids is 2. The number of likely N-dealkylation sites (N-methyl/N-ethyl adjacent to an activating group) is 1. The average Bonchev–Trinajstić information content (AvgIpc) is 3.22. The summed E-state index contributed by atoms with van der Waals surface area (Å²) in [5.74, 6) is -0.245. The molecule has 0 aromatic heterocycles. The van der Waals surface area contributed by atoms with Gasteiger partial charge in [0.25, 0.3) is 11.8 Å². The maximum absolute atomic E-state index is 12.7. The van der Waals surface area contributed by atoms with Gasteiger partial charge in [-0.25, -0.2) is 0 Å². The molecular weight excluding hydrogens is 470 g/mol. The van der Waals surface area contributed by atoms with Gasteiger partial charge >= 0.3 is 0 Å². The highest BCUT2D eigenvalue weighted by molar-refractivity contribution is 7.99. The number of nitrogens with zero attached hydrogens (tertiary/aromatic N) is 2. The van der Waals surface area contributed by atoms with E-state index in [9.17, 15) is 9.59 Å². The molecule has 3 N–H and O–H groups in total. The van der Waals surface area contributed by atoms with E-state index in [1.165, 1.54) is 5.69 Å². The van der Waals surface area contributed by atoms with Crippen LogP contribution < -0.4 is 20.9 Å². The standard InChI is InChI=1S/C28H29N5O2S/c1-29-27(34)19-4-3-5-22(16-19)36-23-10-11-24-25(28(35)31-26(24)17-23)18-30-20-6-8-21(9-7-20)33-14-12-32(2)13-15-33/h3-11,16-18,30H,12-15H2,1-2H3,(H,29,34)(H,31,35)/b25-18+. The van der Waals surface area contributed by atoms with Crippen molar-refractivity contribution < 1.29 is 9.59 Å². The summed E-state index contributed by atoms with van der Waals surface area (Å²) in [4.78, 5) is 31.3. The second kappa shape index (κ2) is 10.5. The molecule has 2 aliphatic rings. The van der Waals surface area contributed by atoms with Gasteiger partial charge in [0.1, 0.15) is 0 Å². The fourth-order valence-electron chi connectivity index (χ4n) is 4.35. The molecule has 0 aliphatic carbocycles. The van der Waals surface area contributed by atoms with E-state index in [0.29, 0.717) is 11.1 Å². The number of rotatable bonds is 6. The van der Waals surface area contributed by atoms with Crippen LogP contribution in [-0.2, 0) is 4.79 Å². The zero-order valence-electron chi connectivity index (χ0n) is 20.4. The number of nitrogens with one attached hydrogen (secondary N) is 3. The van der Waals surface area contributed by atoms with Crippen molar-refractivity contribution in [3.63, 3.8) is 0 Å². The molecule has 0 radical (unpaired) electrons. The van der Waals surface area contributed by atoms with Crippen LogP contribution in [-0.4, -0.2) is 57.0 Å². The Balaban J connectivity index is 1.27. The van der Waals surface area contributed by atoms with Crippen LogP contribution in [0, 0.1) is 0 Å². The highest BCUT2D eigenvalue weighted by Gasteiger charge is 2.24. The molecule has 1 fully saturated rings. The number of piperazine rings is 1. The molecule has 0 spiro atoms. The molecular formula is C28H29N5O2S. The molecule has 1 saturated heterocycles. The van der Waals surface area contributed by atoms with Crippen molar-refractivity contribution >= 4 is 46.2 Å². The molecule has 0 unspecified atom stereocenters. The summed E-state index contributed by atoms with van der Waals surface area (Å²) >= 11 is 1.55. The number of benzene rings is 3. The molecule has 5 rings (SSSR count).